The normalized spacial score (nSPS) is 24.2. The van der Waals surface area contributed by atoms with Crippen LogP contribution < -0.4 is 0 Å². The Morgan fingerprint density at radius 2 is 2.00 bits per heavy atom. The Hall–Kier alpha value is -0.960. The molecule has 1 amide bonds. The molecule has 24 heavy (non-hydrogen) atoms. The molecule has 2 saturated heterocycles. The van der Waals surface area contributed by atoms with E-state index in [1.165, 1.54) is 22.1 Å². The van der Waals surface area contributed by atoms with Crippen molar-refractivity contribution in [2.24, 2.45) is 5.92 Å². The van der Waals surface area contributed by atoms with Gasteiger partial charge in [0.25, 0.3) is 10.0 Å². The molecule has 1 aromatic heterocycles. The van der Waals surface area contributed by atoms with Crippen LogP contribution in [-0.2, 0) is 14.8 Å². The number of carbonyl (C=O) groups excluding carboxylic acids is 1. The number of piperazine rings is 1. The maximum atomic E-state index is 12.5. The average molecular weight is 372 g/mol. The molecule has 2 aliphatic heterocycles. The molecule has 3 heterocycles. The number of carbonyl (C=O) groups is 1. The summed E-state index contributed by atoms with van der Waals surface area (Å²) in [4.78, 5) is 16.5. The van der Waals surface area contributed by atoms with Crippen molar-refractivity contribution in [3.8, 4) is 0 Å². The molecule has 0 spiro atoms. The predicted molar refractivity (Wildman–Crippen MR) is 94.5 cm³/mol. The zero-order valence-electron chi connectivity index (χ0n) is 14.1. The molecule has 2 aliphatic rings. The molecule has 134 valence electrons. The minimum atomic E-state index is -3.37. The lowest BCUT2D eigenvalue weighted by Crippen LogP contribution is -2.52. The predicted octanol–water partition coefficient (Wildman–Crippen LogP) is 1.31. The van der Waals surface area contributed by atoms with Gasteiger partial charge in [0, 0.05) is 39.3 Å². The molecule has 1 atom stereocenters. The van der Waals surface area contributed by atoms with Crippen molar-refractivity contribution in [3.05, 3.63) is 17.5 Å². The summed E-state index contributed by atoms with van der Waals surface area (Å²) in [7, 11) is -3.37. The highest BCUT2D eigenvalue weighted by Gasteiger charge is 2.30. The van der Waals surface area contributed by atoms with Crippen LogP contribution in [0.5, 0.6) is 0 Å². The van der Waals surface area contributed by atoms with E-state index >= 15 is 0 Å². The van der Waals surface area contributed by atoms with Gasteiger partial charge in [-0.05, 0) is 30.2 Å². The van der Waals surface area contributed by atoms with Gasteiger partial charge in [0.15, 0.2) is 0 Å². The Labute approximate surface area is 148 Å². The summed E-state index contributed by atoms with van der Waals surface area (Å²) in [5.74, 6) is 0.756. The third-order valence-corrected chi connectivity index (χ3v) is 8.06. The zero-order valence-corrected chi connectivity index (χ0v) is 15.7. The number of sulfonamides is 1. The summed E-state index contributed by atoms with van der Waals surface area (Å²) >= 11 is 1.25. The Balaban J connectivity index is 1.51. The van der Waals surface area contributed by atoms with E-state index in [-0.39, 0.29) is 5.91 Å². The van der Waals surface area contributed by atoms with E-state index in [9.17, 15) is 13.2 Å². The quantitative estimate of drug-likeness (QED) is 0.801. The second-order valence-corrected chi connectivity index (χ2v) is 9.81. The molecule has 6 nitrogen and oxygen atoms in total. The van der Waals surface area contributed by atoms with E-state index in [4.69, 9.17) is 0 Å². The van der Waals surface area contributed by atoms with Gasteiger partial charge in [-0.1, -0.05) is 13.0 Å². The van der Waals surface area contributed by atoms with E-state index in [0.717, 1.165) is 19.5 Å². The Kier molecular flexibility index (Phi) is 5.59. The molecule has 0 aromatic carbocycles. The van der Waals surface area contributed by atoms with Gasteiger partial charge in [-0.25, -0.2) is 8.42 Å². The smallest absolute Gasteiger partial charge is 0.252 e. The van der Waals surface area contributed by atoms with Gasteiger partial charge >= 0.3 is 0 Å². The van der Waals surface area contributed by atoms with Crippen LogP contribution in [0.3, 0.4) is 0 Å². The van der Waals surface area contributed by atoms with Gasteiger partial charge in [0.2, 0.25) is 5.91 Å². The maximum Gasteiger partial charge on any atom is 0.252 e. The summed E-state index contributed by atoms with van der Waals surface area (Å²) in [6, 6.07) is 3.40. The lowest BCUT2D eigenvalue weighted by molar-refractivity contribution is -0.134. The number of thiophene rings is 1. The van der Waals surface area contributed by atoms with Gasteiger partial charge in [-0.3, -0.25) is 9.69 Å². The van der Waals surface area contributed by atoms with Crippen LogP contribution in [0, 0.1) is 5.92 Å². The minimum Gasteiger partial charge on any atom is -0.341 e. The largest absolute Gasteiger partial charge is 0.341 e. The SMILES string of the molecule is C[C@@H]1CCCN(C(=O)CN2CCN(S(=O)(=O)c3cccs3)CC2)C1. The van der Waals surface area contributed by atoms with Crippen molar-refractivity contribution in [2.75, 3.05) is 45.8 Å². The first-order valence-corrected chi connectivity index (χ1v) is 10.8. The van der Waals surface area contributed by atoms with E-state index in [1.54, 1.807) is 17.5 Å². The second kappa shape index (κ2) is 7.51. The number of nitrogens with zero attached hydrogens (tertiary/aromatic N) is 3. The van der Waals surface area contributed by atoms with Gasteiger partial charge in [-0.15, -0.1) is 11.3 Å². The van der Waals surface area contributed by atoms with Crippen molar-refractivity contribution in [1.29, 1.82) is 0 Å². The van der Waals surface area contributed by atoms with Crippen molar-refractivity contribution in [1.82, 2.24) is 14.1 Å². The fourth-order valence-electron chi connectivity index (χ4n) is 3.37. The first kappa shape index (κ1) is 17.8. The van der Waals surface area contributed by atoms with Crippen LogP contribution in [0.15, 0.2) is 21.7 Å². The van der Waals surface area contributed by atoms with Gasteiger partial charge in [0.05, 0.1) is 6.54 Å². The molecule has 0 saturated carbocycles. The number of rotatable bonds is 4. The van der Waals surface area contributed by atoms with Crippen LogP contribution in [0.1, 0.15) is 19.8 Å². The van der Waals surface area contributed by atoms with Crippen molar-refractivity contribution in [3.63, 3.8) is 0 Å². The highest BCUT2D eigenvalue weighted by molar-refractivity contribution is 7.91. The maximum absolute atomic E-state index is 12.5. The molecule has 0 N–H and O–H groups in total. The van der Waals surface area contributed by atoms with Crippen LogP contribution in [0.25, 0.3) is 0 Å². The molecular weight excluding hydrogens is 346 g/mol. The second-order valence-electron chi connectivity index (χ2n) is 6.70. The number of amides is 1. The summed E-state index contributed by atoms with van der Waals surface area (Å²) in [5, 5.41) is 1.78. The highest BCUT2D eigenvalue weighted by Crippen LogP contribution is 2.22. The zero-order chi connectivity index (χ0) is 17.2. The van der Waals surface area contributed by atoms with Crippen molar-refractivity contribution in [2.45, 2.75) is 24.0 Å². The van der Waals surface area contributed by atoms with Gasteiger partial charge in [0.1, 0.15) is 4.21 Å². The number of hydrogen-bond donors (Lipinski definition) is 0. The van der Waals surface area contributed by atoms with Crippen LogP contribution in [0.4, 0.5) is 0 Å². The third-order valence-electron chi connectivity index (χ3n) is 4.79. The first-order chi connectivity index (χ1) is 11.5. The van der Waals surface area contributed by atoms with E-state index in [0.29, 0.717) is 42.9 Å². The van der Waals surface area contributed by atoms with E-state index < -0.39 is 10.0 Å². The van der Waals surface area contributed by atoms with Gasteiger partial charge in [-0.2, -0.15) is 4.31 Å². The summed E-state index contributed by atoms with van der Waals surface area (Å²) in [6.45, 7) is 6.42. The highest BCUT2D eigenvalue weighted by atomic mass is 32.2. The lowest BCUT2D eigenvalue weighted by Gasteiger charge is -2.36. The third kappa shape index (κ3) is 3.99. The Morgan fingerprint density at radius 1 is 1.25 bits per heavy atom. The molecule has 0 aliphatic carbocycles. The molecule has 3 rings (SSSR count). The summed E-state index contributed by atoms with van der Waals surface area (Å²) in [5.41, 5.74) is 0. The average Bonchev–Trinajstić information content (AvgIpc) is 3.10. The van der Waals surface area contributed by atoms with Crippen LogP contribution >= 0.6 is 11.3 Å². The van der Waals surface area contributed by atoms with Crippen LogP contribution in [-0.4, -0.2) is 74.2 Å². The van der Waals surface area contributed by atoms with E-state index in [1.807, 2.05) is 4.90 Å². The van der Waals surface area contributed by atoms with Crippen molar-refractivity contribution >= 4 is 27.3 Å². The topological polar surface area (TPSA) is 60.9 Å². The van der Waals surface area contributed by atoms with Crippen molar-refractivity contribution < 1.29 is 13.2 Å². The van der Waals surface area contributed by atoms with Gasteiger partial charge < -0.3 is 4.90 Å². The monoisotopic (exact) mass is 371 g/mol. The molecule has 8 heteroatoms. The molecule has 0 bridgehead atoms. The number of piperidine rings is 1. The minimum absolute atomic E-state index is 0.177. The fraction of sp³-hybridized carbons (Fsp3) is 0.688. The van der Waals surface area contributed by atoms with Crippen LogP contribution in [0.2, 0.25) is 0 Å². The molecule has 2 fully saturated rings. The summed E-state index contributed by atoms with van der Waals surface area (Å²) in [6.07, 6.45) is 2.28. The fourth-order valence-corrected chi connectivity index (χ4v) is 5.94. The molecule has 1 aromatic rings. The standard InChI is InChI=1S/C16H25N3O3S2/c1-14-4-2-6-18(12-14)15(20)13-17-7-9-19(10-8-17)24(21,22)16-5-3-11-23-16/h3,5,11,14H,2,4,6-10,12-13H2,1H3/t14-/m1/s1. The summed E-state index contributed by atoms with van der Waals surface area (Å²) < 4.78 is 26.9. The molecular formula is C16H25N3O3S2. The van der Waals surface area contributed by atoms with E-state index in [2.05, 4.69) is 11.8 Å². The lowest BCUT2D eigenvalue weighted by atomic mass is 10.0. The first-order valence-electron chi connectivity index (χ1n) is 8.50. The molecule has 0 unspecified atom stereocenters. The number of hydrogen-bond acceptors (Lipinski definition) is 5. The molecule has 0 radical (unpaired) electrons. The Morgan fingerprint density at radius 3 is 2.62 bits per heavy atom. The number of likely N-dealkylation sites (tertiary alicyclic amines) is 1. The Bertz CT molecular complexity index is 652.